The predicted octanol–water partition coefficient (Wildman–Crippen LogP) is 4.81. The van der Waals surface area contributed by atoms with E-state index in [0.717, 1.165) is 48.7 Å². The molecule has 4 aliphatic carbocycles. The molecule has 1 aromatic carbocycles. The molecule has 4 heteroatoms. The Morgan fingerprint density at radius 3 is 2.38 bits per heavy atom. The van der Waals surface area contributed by atoms with Crippen LogP contribution in [0.2, 0.25) is 0 Å². The van der Waals surface area contributed by atoms with Crippen molar-refractivity contribution in [2.75, 3.05) is 5.75 Å². The lowest BCUT2D eigenvalue weighted by Gasteiger charge is -2.56. The number of benzene rings is 1. The third-order valence-electron chi connectivity index (χ3n) is 6.84. The summed E-state index contributed by atoms with van der Waals surface area (Å²) < 4.78 is 2.16. The molecule has 4 bridgehead atoms. The van der Waals surface area contributed by atoms with E-state index in [1.165, 1.54) is 24.8 Å². The topological polar surface area (TPSA) is 34.9 Å². The second kappa shape index (κ2) is 6.56. The Morgan fingerprint density at radius 2 is 1.73 bits per heavy atom. The number of hydrogen-bond donors (Lipinski definition) is 0. The van der Waals surface area contributed by atoms with Gasteiger partial charge in [0.1, 0.15) is 5.78 Å². The molecule has 0 atom stereocenters. The molecule has 2 aromatic rings. The van der Waals surface area contributed by atoms with Gasteiger partial charge in [-0.1, -0.05) is 42.1 Å². The average molecular weight is 367 g/mol. The van der Waals surface area contributed by atoms with Gasteiger partial charge in [0.25, 0.3) is 0 Å². The molecule has 0 saturated heterocycles. The van der Waals surface area contributed by atoms with E-state index in [1.54, 1.807) is 11.8 Å². The van der Waals surface area contributed by atoms with Crippen molar-refractivity contribution >= 4 is 17.5 Å². The van der Waals surface area contributed by atoms with Gasteiger partial charge in [0.05, 0.1) is 5.75 Å². The number of hydrogen-bond acceptors (Lipinski definition) is 3. The van der Waals surface area contributed by atoms with Crippen molar-refractivity contribution in [2.24, 2.45) is 23.2 Å². The van der Waals surface area contributed by atoms with Gasteiger partial charge in [-0.2, -0.15) is 0 Å². The standard InChI is InChI=1S/C22H26N2OS/c25-20(22-11-17-8-18(12-22)10-19(9-17)13-22)15-26-21-23-6-7-24(21)14-16-4-2-1-3-5-16/h1-7,17-19H,8-15H2. The second-order valence-corrected chi connectivity index (χ2v) is 9.68. The van der Waals surface area contributed by atoms with Gasteiger partial charge in [0, 0.05) is 24.4 Å². The number of nitrogens with zero attached hydrogens (tertiary/aromatic N) is 2. The van der Waals surface area contributed by atoms with Crippen LogP contribution in [0.4, 0.5) is 0 Å². The van der Waals surface area contributed by atoms with E-state index in [9.17, 15) is 4.79 Å². The number of ketones is 1. The maximum absolute atomic E-state index is 13.2. The molecule has 1 aromatic heterocycles. The molecule has 4 saturated carbocycles. The van der Waals surface area contributed by atoms with Crippen LogP contribution in [-0.4, -0.2) is 21.1 Å². The first-order valence-electron chi connectivity index (χ1n) is 9.91. The molecule has 0 N–H and O–H groups in total. The summed E-state index contributed by atoms with van der Waals surface area (Å²) in [5, 5.41) is 0.965. The maximum atomic E-state index is 13.2. The molecule has 26 heavy (non-hydrogen) atoms. The van der Waals surface area contributed by atoms with Gasteiger partial charge in [0.15, 0.2) is 5.16 Å². The smallest absolute Gasteiger partial charge is 0.168 e. The summed E-state index contributed by atoms with van der Waals surface area (Å²) in [7, 11) is 0. The summed E-state index contributed by atoms with van der Waals surface area (Å²) in [5.74, 6) is 3.56. The van der Waals surface area contributed by atoms with Crippen LogP contribution in [0.3, 0.4) is 0 Å². The molecule has 0 unspecified atom stereocenters. The van der Waals surface area contributed by atoms with Crippen LogP contribution in [0.5, 0.6) is 0 Å². The van der Waals surface area contributed by atoms with Crippen LogP contribution in [0.25, 0.3) is 0 Å². The van der Waals surface area contributed by atoms with Crippen molar-refractivity contribution in [1.82, 2.24) is 9.55 Å². The monoisotopic (exact) mass is 366 g/mol. The summed E-state index contributed by atoms with van der Waals surface area (Å²) in [6, 6.07) is 10.4. The molecule has 0 aliphatic heterocycles. The zero-order chi connectivity index (χ0) is 17.6. The van der Waals surface area contributed by atoms with Crippen molar-refractivity contribution in [3.05, 3.63) is 48.3 Å². The first kappa shape index (κ1) is 16.6. The first-order chi connectivity index (χ1) is 12.7. The number of aromatic nitrogens is 2. The SMILES string of the molecule is O=C(CSc1nccn1Cc1ccccc1)C12CC3CC(CC(C3)C1)C2. The Bertz CT molecular complexity index is 762. The van der Waals surface area contributed by atoms with Gasteiger partial charge >= 0.3 is 0 Å². The normalized spacial score (nSPS) is 32.1. The molecule has 1 heterocycles. The largest absolute Gasteiger partial charge is 0.322 e. The molecule has 6 rings (SSSR count). The highest BCUT2D eigenvalue weighted by molar-refractivity contribution is 7.99. The Kier molecular flexibility index (Phi) is 4.19. The zero-order valence-corrected chi connectivity index (χ0v) is 16.0. The highest BCUT2D eigenvalue weighted by Gasteiger charge is 2.54. The highest BCUT2D eigenvalue weighted by Crippen LogP contribution is 2.60. The van der Waals surface area contributed by atoms with Crippen LogP contribution < -0.4 is 0 Å². The van der Waals surface area contributed by atoms with E-state index >= 15 is 0 Å². The van der Waals surface area contributed by atoms with Crippen molar-refractivity contribution in [3.63, 3.8) is 0 Å². The summed E-state index contributed by atoms with van der Waals surface area (Å²) in [5.41, 5.74) is 1.28. The Balaban J connectivity index is 1.26. The fourth-order valence-corrected chi connectivity index (χ4v) is 7.06. The predicted molar refractivity (Wildman–Crippen MR) is 104 cm³/mol. The van der Waals surface area contributed by atoms with Crippen molar-refractivity contribution in [2.45, 2.75) is 50.2 Å². The second-order valence-electron chi connectivity index (χ2n) is 8.73. The number of carbonyl (C=O) groups excluding carboxylic acids is 1. The van der Waals surface area contributed by atoms with E-state index in [0.29, 0.717) is 11.5 Å². The minimum atomic E-state index is 0.0125. The first-order valence-corrected chi connectivity index (χ1v) is 10.9. The van der Waals surface area contributed by atoms with Gasteiger partial charge in [-0.15, -0.1) is 0 Å². The maximum Gasteiger partial charge on any atom is 0.168 e. The molecule has 0 spiro atoms. The van der Waals surface area contributed by atoms with Crippen LogP contribution in [-0.2, 0) is 11.3 Å². The molecule has 4 aliphatic rings. The Labute approximate surface area is 159 Å². The van der Waals surface area contributed by atoms with Crippen molar-refractivity contribution in [1.29, 1.82) is 0 Å². The lowest BCUT2D eigenvalue weighted by atomic mass is 9.48. The van der Waals surface area contributed by atoms with E-state index in [1.807, 2.05) is 18.5 Å². The number of rotatable bonds is 6. The quantitative estimate of drug-likeness (QED) is 0.688. The Morgan fingerprint density at radius 1 is 1.08 bits per heavy atom. The molecular formula is C22H26N2OS. The van der Waals surface area contributed by atoms with E-state index in [4.69, 9.17) is 0 Å². The van der Waals surface area contributed by atoms with Gasteiger partial charge in [0.2, 0.25) is 0 Å². The van der Waals surface area contributed by atoms with E-state index < -0.39 is 0 Å². The molecular weight excluding hydrogens is 340 g/mol. The zero-order valence-electron chi connectivity index (χ0n) is 15.1. The van der Waals surface area contributed by atoms with Gasteiger partial charge in [-0.05, 0) is 61.8 Å². The molecule has 4 fully saturated rings. The lowest BCUT2D eigenvalue weighted by Crippen LogP contribution is -2.50. The van der Waals surface area contributed by atoms with E-state index in [2.05, 4.69) is 33.8 Å². The van der Waals surface area contributed by atoms with Crippen LogP contribution >= 0.6 is 11.8 Å². The number of imidazole rings is 1. The number of carbonyl (C=O) groups is 1. The minimum Gasteiger partial charge on any atom is -0.322 e. The summed E-state index contributed by atoms with van der Waals surface area (Å²) in [6.07, 6.45) is 11.5. The van der Waals surface area contributed by atoms with Crippen LogP contribution in [0.15, 0.2) is 47.9 Å². The molecule has 136 valence electrons. The minimum absolute atomic E-state index is 0.0125. The summed E-state index contributed by atoms with van der Waals surface area (Å²) in [4.78, 5) is 17.7. The third kappa shape index (κ3) is 3.02. The number of Topliss-reactive ketones (excluding diaryl/α,β-unsaturated/α-hetero) is 1. The van der Waals surface area contributed by atoms with Crippen molar-refractivity contribution < 1.29 is 4.79 Å². The summed E-state index contributed by atoms with van der Waals surface area (Å²) in [6.45, 7) is 0.814. The lowest BCUT2D eigenvalue weighted by molar-refractivity contribution is -0.141. The highest BCUT2D eigenvalue weighted by atomic mass is 32.2. The van der Waals surface area contributed by atoms with Gasteiger partial charge in [-0.25, -0.2) is 4.98 Å². The van der Waals surface area contributed by atoms with Gasteiger partial charge in [-0.3, -0.25) is 4.79 Å². The average Bonchev–Trinajstić information content (AvgIpc) is 3.06. The number of thioether (sulfide) groups is 1. The fourth-order valence-electron chi connectivity index (χ4n) is 6.07. The van der Waals surface area contributed by atoms with Crippen LogP contribution in [0, 0.1) is 23.2 Å². The van der Waals surface area contributed by atoms with Gasteiger partial charge < -0.3 is 4.57 Å². The molecule has 3 nitrogen and oxygen atoms in total. The molecule has 0 radical (unpaired) electrons. The molecule has 0 amide bonds. The van der Waals surface area contributed by atoms with Crippen molar-refractivity contribution in [3.8, 4) is 0 Å². The summed E-state index contributed by atoms with van der Waals surface area (Å²) >= 11 is 1.63. The fraction of sp³-hybridized carbons (Fsp3) is 0.545. The van der Waals surface area contributed by atoms with Crippen LogP contribution in [0.1, 0.15) is 44.1 Å². The third-order valence-corrected chi connectivity index (χ3v) is 7.84. The van der Waals surface area contributed by atoms with E-state index in [-0.39, 0.29) is 5.41 Å². The Hall–Kier alpha value is -1.55.